The van der Waals surface area contributed by atoms with E-state index in [9.17, 15) is 0 Å². The fourth-order valence-corrected chi connectivity index (χ4v) is 2.59. The number of terminal acetylenes is 1. The van der Waals surface area contributed by atoms with E-state index in [4.69, 9.17) is 6.42 Å². The Hall–Kier alpha value is -2.04. The molecule has 0 bridgehead atoms. The molecule has 1 nitrogen and oxygen atoms in total. The van der Waals surface area contributed by atoms with Crippen molar-refractivity contribution in [2.45, 2.75) is 25.8 Å². The number of hydrogen-bond donors (Lipinski definition) is 0. The Labute approximate surface area is 135 Å². The number of benzene rings is 2. The van der Waals surface area contributed by atoms with E-state index in [1.807, 2.05) is 25.2 Å². The minimum absolute atomic E-state index is 0.703. The molecule has 0 saturated heterocycles. The van der Waals surface area contributed by atoms with Gasteiger partial charge in [-0.05, 0) is 36.4 Å². The van der Waals surface area contributed by atoms with Crippen LogP contribution in [0.3, 0.4) is 0 Å². The van der Waals surface area contributed by atoms with Gasteiger partial charge in [0.25, 0.3) is 0 Å². The fourth-order valence-electron chi connectivity index (χ4n) is 2.59. The van der Waals surface area contributed by atoms with Crippen molar-refractivity contribution in [1.82, 2.24) is 4.90 Å². The van der Waals surface area contributed by atoms with Gasteiger partial charge in [-0.25, -0.2) is 0 Å². The lowest BCUT2D eigenvalue weighted by Gasteiger charge is -2.12. The first-order chi connectivity index (χ1) is 10.7. The predicted octanol–water partition coefficient (Wildman–Crippen LogP) is 4.56. The third kappa shape index (κ3) is 5.39. The molecule has 2 atom stereocenters. The summed E-state index contributed by atoms with van der Waals surface area (Å²) in [7, 11) is 2.02. The second kappa shape index (κ2) is 8.41. The van der Waals surface area contributed by atoms with Crippen molar-refractivity contribution < 1.29 is 0 Å². The summed E-state index contributed by atoms with van der Waals surface area (Å²) >= 11 is 0. The van der Waals surface area contributed by atoms with Gasteiger partial charge < -0.3 is 0 Å². The summed E-state index contributed by atoms with van der Waals surface area (Å²) in [6.45, 7) is 3.94. The van der Waals surface area contributed by atoms with Gasteiger partial charge in [0.2, 0.25) is 0 Å². The first kappa shape index (κ1) is 16.3. The summed E-state index contributed by atoms with van der Waals surface area (Å²) in [6, 6.07) is 21.1. The highest BCUT2D eigenvalue weighted by Gasteiger charge is 2.33. The van der Waals surface area contributed by atoms with Crippen LogP contribution in [0.1, 0.15) is 30.4 Å². The Morgan fingerprint density at radius 3 is 2.09 bits per heavy atom. The molecule has 0 aromatic heterocycles. The van der Waals surface area contributed by atoms with Gasteiger partial charge in [-0.1, -0.05) is 73.5 Å². The maximum absolute atomic E-state index is 5.19. The van der Waals surface area contributed by atoms with Crippen molar-refractivity contribution >= 4 is 0 Å². The minimum Gasteiger partial charge on any atom is -0.291 e. The largest absolute Gasteiger partial charge is 0.291 e. The summed E-state index contributed by atoms with van der Waals surface area (Å²) in [6.07, 6.45) is 6.58. The zero-order chi connectivity index (χ0) is 15.8. The molecule has 114 valence electrons. The molecule has 22 heavy (non-hydrogen) atoms. The molecule has 0 unspecified atom stereocenters. The van der Waals surface area contributed by atoms with Crippen molar-refractivity contribution in [3.8, 4) is 12.3 Å². The van der Waals surface area contributed by atoms with Crippen LogP contribution in [0.2, 0.25) is 0 Å². The predicted molar refractivity (Wildman–Crippen MR) is 94.6 cm³/mol. The second-order valence-corrected chi connectivity index (χ2v) is 6.09. The van der Waals surface area contributed by atoms with E-state index >= 15 is 0 Å². The lowest BCUT2D eigenvalue weighted by Crippen LogP contribution is -2.17. The quantitative estimate of drug-likeness (QED) is 0.746. The molecule has 2 aromatic carbocycles. The zero-order valence-corrected chi connectivity index (χ0v) is 13.6. The first-order valence-electron chi connectivity index (χ1n) is 7.91. The number of rotatable bonds is 4. The van der Waals surface area contributed by atoms with Gasteiger partial charge in [0, 0.05) is 6.54 Å². The molecule has 1 aliphatic carbocycles. The van der Waals surface area contributed by atoms with Crippen molar-refractivity contribution in [1.29, 1.82) is 0 Å². The van der Waals surface area contributed by atoms with Crippen LogP contribution in [0.25, 0.3) is 0 Å². The first-order valence-corrected chi connectivity index (χ1v) is 7.91. The van der Waals surface area contributed by atoms with E-state index in [2.05, 4.69) is 60.2 Å². The molecule has 1 aliphatic rings. The van der Waals surface area contributed by atoms with Gasteiger partial charge in [-0.15, -0.1) is 6.42 Å². The molecule has 0 N–H and O–H groups in total. The molecule has 1 saturated carbocycles. The van der Waals surface area contributed by atoms with Crippen molar-refractivity contribution in [3.63, 3.8) is 0 Å². The third-order valence-corrected chi connectivity index (χ3v) is 3.99. The molecule has 1 fully saturated rings. The standard InChI is InChI=1S/C11H13N.C10H12/c1-3-9-12(2)10-11-7-5-4-6-8-11;1-8-7-10(8)9-5-3-2-4-6-9/h1,4-8H,9-10H2,2H3;2-6,8,10H,7H2,1H3/t;8-,10-/m.1/s1. The minimum atomic E-state index is 0.703. The topological polar surface area (TPSA) is 3.24 Å². The normalized spacial score (nSPS) is 19.0. The van der Waals surface area contributed by atoms with E-state index in [0.29, 0.717) is 6.54 Å². The summed E-state index contributed by atoms with van der Waals surface area (Å²) in [4.78, 5) is 2.11. The van der Waals surface area contributed by atoms with Crippen LogP contribution >= 0.6 is 0 Å². The Bertz CT molecular complexity index is 582. The van der Waals surface area contributed by atoms with Crippen molar-refractivity contribution in [2.24, 2.45) is 5.92 Å². The maximum atomic E-state index is 5.19. The summed E-state index contributed by atoms with van der Waals surface area (Å²) in [5, 5.41) is 0. The van der Waals surface area contributed by atoms with Crippen LogP contribution in [0.5, 0.6) is 0 Å². The Morgan fingerprint density at radius 1 is 1.05 bits per heavy atom. The number of nitrogens with zero attached hydrogens (tertiary/aromatic N) is 1. The Balaban J connectivity index is 0.000000162. The summed E-state index contributed by atoms with van der Waals surface area (Å²) < 4.78 is 0. The molecule has 1 heteroatoms. The molecule has 3 rings (SSSR count). The highest BCUT2D eigenvalue weighted by Crippen LogP contribution is 2.46. The van der Waals surface area contributed by atoms with E-state index < -0.39 is 0 Å². The molecule has 0 radical (unpaired) electrons. The van der Waals surface area contributed by atoms with Crippen LogP contribution in [-0.2, 0) is 6.54 Å². The lowest BCUT2D eigenvalue weighted by atomic mass is 10.1. The molecular weight excluding hydrogens is 266 g/mol. The molecule has 0 aliphatic heterocycles. The van der Waals surface area contributed by atoms with Gasteiger partial charge in [-0.2, -0.15) is 0 Å². The van der Waals surface area contributed by atoms with Gasteiger partial charge in [0.15, 0.2) is 0 Å². The van der Waals surface area contributed by atoms with Crippen molar-refractivity contribution in [2.75, 3.05) is 13.6 Å². The van der Waals surface area contributed by atoms with E-state index in [1.165, 1.54) is 17.5 Å². The molecule has 0 amide bonds. The smallest absolute Gasteiger partial charge is 0.0599 e. The van der Waals surface area contributed by atoms with Crippen LogP contribution in [-0.4, -0.2) is 18.5 Å². The summed E-state index contributed by atoms with van der Waals surface area (Å²) in [5.41, 5.74) is 2.82. The zero-order valence-electron chi connectivity index (χ0n) is 13.6. The van der Waals surface area contributed by atoms with Gasteiger partial charge in [0.1, 0.15) is 0 Å². The van der Waals surface area contributed by atoms with E-state index in [0.717, 1.165) is 18.4 Å². The lowest BCUT2D eigenvalue weighted by molar-refractivity contribution is 0.369. The average molecular weight is 291 g/mol. The second-order valence-electron chi connectivity index (χ2n) is 6.09. The van der Waals surface area contributed by atoms with Crippen LogP contribution in [0.15, 0.2) is 60.7 Å². The third-order valence-electron chi connectivity index (χ3n) is 3.99. The monoisotopic (exact) mass is 291 g/mol. The molecule has 2 aromatic rings. The van der Waals surface area contributed by atoms with Crippen LogP contribution in [0, 0.1) is 18.3 Å². The number of hydrogen-bond acceptors (Lipinski definition) is 1. The Kier molecular flexibility index (Phi) is 6.25. The van der Waals surface area contributed by atoms with Crippen molar-refractivity contribution in [3.05, 3.63) is 71.8 Å². The van der Waals surface area contributed by atoms with Gasteiger partial charge in [-0.3, -0.25) is 4.90 Å². The summed E-state index contributed by atoms with van der Waals surface area (Å²) in [5.74, 6) is 4.42. The fraction of sp³-hybridized carbons (Fsp3) is 0.333. The van der Waals surface area contributed by atoms with Gasteiger partial charge >= 0.3 is 0 Å². The van der Waals surface area contributed by atoms with E-state index in [1.54, 1.807) is 0 Å². The molecular formula is C21H25N. The van der Waals surface area contributed by atoms with Crippen LogP contribution in [0.4, 0.5) is 0 Å². The van der Waals surface area contributed by atoms with Crippen LogP contribution < -0.4 is 0 Å². The molecule has 0 spiro atoms. The van der Waals surface area contributed by atoms with Gasteiger partial charge in [0.05, 0.1) is 6.54 Å². The van der Waals surface area contributed by atoms with E-state index in [-0.39, 0.29) is 0 Å². The molecule has 0 heterocycles. The Morgan fingerprint density at radius 2 is 1.59 bits per heavy atom. The maximum Gasteiger partial charge on any atom is 0.0599 e. The SMILES string of the molecule is C#CCN(C)Cc1ccccc1.C[C@@H]1C[C@H]1c1ccccc1. The highest BCUT2D eigenvalue weighted by atomic mass is 15.1. The highest BCUT2D eigenvalue weighted by molar-refractivity contribution is 5.24. The average Bonchev–Trinajstić information content (AvgIpc) is 3.27.